The average Bonchev–Trinajstić information content (AvgIpc) is 2.23. The molecule has 3 nitrogen and oxygen atoms in total. The maximum absolute atomic E-state index is 12.8. The van der Waals surface area contributed by atoms with E-state index >= 15 is 0 Å². The number of hydrazine groups is 1. The van der Waals surface area contributed by atoms with Gasteiger partial charge in [0.05, 0.1) is 11.0 Å². The first-order valence-corrected chi connectivity index (χ1v) is 7.39. The van der Waals surface area contributed by atoms with Crippen molar-refractivity contribution in [3.63, 3.8) is 0 Å². The number of nitrogens with zero attached hydrogens (tertiary/aromatic N) is 1. The second kappa shape index (κ2) is 3.72. The molecule has 18 heavy (non-hydrogen) atoms. The van der Waals surface area contributed by atoms with Crippen molar-refractivity contribution >= 4 is 5.91 Å². The molecule has 0 aromatic heterocycles. The molecular formula is C15H26N2O. The van der Waals surface area contributed by atoms with E-state index in [9.17, 15) is 4.79 Å². The Bertz CT molecular complexity index is 334. The van der Waals surface area contributed by atoms with Gasteiger partial charge in [-0.25, -0.2) is 5.84 Å². The fourth-order valence-corrected chi connectivity index (χ4v) is 4.93. The van der Waals surface area contributed by atoms with Gasteiger partial charge in [-0.2, -0.15) is 0 Å². The molecule has 4 rings (SSSR count). The Balaban J connectivity index is 1.85. The minimum atomic E-state index is -0.263. The molecule has 0 heterocycles. The first kappa shape index (κ1) is 12.5. The first-order chi connectivity index (χ1) is 8.30. The van der Waals surface area contributed by atoms with E-state index in [0.717, 1.165) is 37.0 Å². The maximum atomic E-state index is 12.8. The average molecular weight is 250 g/mol. The smallest absolute Gasteiger partial charge is 0.243 e. The van der Waals surface area contributed by atoms with E-state index in [-0.39, 0.29) is 16.9 Å². The third-order valence-electron chi connectivity index (χ3n) is 5.43. The molecule has 0 saturated heterocycles. The quantitative estimate of drug-likeness (QED) is 0.442. The van der Waals surface area contributed by atoms with Crippen LogP contribution in [0.4, 0.5) is 0 Å². The lowest BCUT2D eigenvalue weighted by Crippen LogP contribution is -2.60. The fraction of sp³-hybridized carbons (Fsp3) is 0.933. The topological polar surface area (TPSA) is 46.3 Å². The summed E-state index contributed by atoms with van der Waals surface area (Å²) in [6, 6.07) is 0. The number of carbonyl (C=O) groups excluding carboxylic acids is 1. The van der Waals surface area contributed by atoms with Crippen molar-refractivity contribution in [3.05, 3.63) is 0 Å². The highest BCUT2D eigenvalue weighted by Gasteiger charge is 2.56. The minimum absolute atomic E-state index is 0.100. The minimum Gasteiger partial charge on any atom is -0.275 e. The molecule has 3 heteroatoms. The van der Waals surface area contributed by atoms with E-state index in [1.54, 1.807) is 0 Å². The van der Waals surface area contributed by atoms with Crippen LogP contribution in [0.25, 0.3) is 0 Å². The fourth-order valence-electron chi connectivity index (χ4n) is 4.93. The van der Waals surface area contributed by atoms with Gasteiger partial charge in [-0.1, -0.05) is 0 Å². The molecule has 0 spiro atoms. The largest absolute Gasteiger partial charge is 0.275 e. The van der Waals surface area contributed by atoms with Crippen LogP contribution >= 0.6 is 0 Å². The summed E-state index contributed by atoms with van der Waals surface area (Å²) in [5.74, 6) is 8.72. The number of nitrogens with two attached hydrogens (primary N) is 1. The van der Waals surface area contributed by atoms with E-state index in [1.807, 2.05) is 20.8 Å². The van der Waals surface area contributed by atoms with Crippen molar-refractivity contribution in [3.8, 4) is 0 Å². The molecule has 0 atom stereocenters. The Morgan fingerprint density at radius 1 is 1.06 bits per heavy atom. The lowest BCUT2D eigenvalue weighted by molar-refractivity contribution is -0.163. The zero-order valence-corrected chi connectivity index (χ0v) is 11.9. The predicted octanol–water partition coefficient (Wildman–Crippen LogP) is 2.70. The summed E-state index contributed by atoms with van der Waals surface area (Å²) in [5.41, 5.74) is -0.364. The third-order valence-corrected chi connectivity index (χ3v) is 5.43. The molecule has 4 bridgehead atoms. The maximum Gasteiger partial charge on any atom is 0.243 e. The Hall–Kier alpha value is -0.570. The monoisotopic (exact) mass is 250 g/mol. The van der Waals surface area contributed by atoms with Crippen LogP contribution in [0.5, 0.6) is 0 Å². The predicted molar refractivity (Wildman–Crippen MR) is 71.4 cm³/mol. The molecular weight excluding hydrogens is 224 g/mol. The number of hydrogen-bond donors (Lipinski definition) is 1. The Kier molecular flexibility index (Phi) is 2.58. The normalized spacial score (nSPS) is 42.1. The van der Waals surface area contributed by atoms with Gasteiger partial charge in [0.25, 0.3) is 0 Å². The van der Waals surface area contributed by atoms with Crippen LogP contribution in [0, 0.1) is 23.2 Å². The molecule has 0 radical (unpaired) electrons. The van der Waals surface area contributed by atoms with Gasteiger partial charge in [0.1, 0.15) is 0 Å². The SMILES string of the molecule is CC(C)(C)N(N)C(=O)C12CC3CC(CC(C3)C1)C2. The Labute approximate surface area is 110 Å². The van der Waals surface area contributed by atoms with Crippen LogP contribution in [-0.4, -0.2) is 16.5 Å². The van der Waals surface area contributed by atoms with Gasteiger partial charge >= 0.3 is 0 Å². The Morgan fingerprint density at radius 2 is 1.44 bits per heavy atom. The molecule has 2 N–H and O–H groups in total. The van der Waals surface area contributed by atoms with Crippen molar-refractivity contribution in [1.29, 1.82) is 0 Å². The lowest BCUT2D eigenvalue weighted by atomic mass is 9.49. The highest BCUT2D eigenvalue weighted by Crippen LogP contribution is 2.60. The van der Waals surface area contributed by atoms with E-state index < -0.39 is 0 Å². The van der Waals surface area contributed by atoms with Crippen molar-refractivity contribution in [2.75, 3.05) is 0 Å². The van der Waals surface area contributed by atoms with Gasteiger partial charge in [0.15, 0.2) is 0 Å². The molecule has 4 aliphatic carbocycles. The van der Waals surface area contributed by atoms with Gasteiger partial charge in [0.2, 0.25) is 5.91 Å². The number of amides is 1. The molecule has 102 valence electrons. The van der Waals surface area contributed by atoms with Crippen LogP contribution in [-0.2, 0) is 4.79 Å². The number of rotatable bonds is 1. The van der Waals surface area contributed by atoms with Gasteiger partial charge < -0.3 is 0 Å². The van der Waals surface area contributed by atoms with E-state index in [0.29, 0.717) is 0 Å². The van der Waals surface area contributed by atoms with Crippen molar-refractivity contribution in [2.24, 2.45) is 29.0 Å². The van der Waals surface area contributed by atoms with Crippen LogP contribution in [0.3, 0.4) is 0 Å². The van der Waals surface area contributed by atoms with Gasteiger partial charge in [-0.15, -0.1) is 0 Å². The number of hydrogen-bond acceptors (Lipinski definition) is 2. The molecule has 4 aliphatic rings. The highest BCUT2D eigenvalue weighted by molar-refractivity contribution is 5.83. The second-order valence-corrected chi connectivity index (χ2v) is 8.04. The zero-order chi connectivity index (χ0) is 13.1. The summed E-state index contributed by atoms with van der Waals surface area (Å²) in [4.78, 5) is 12.8. The van der Waals surface area contributed by atoms with Crippen LogP contribution in [0.15, 0.2) is 0 Å². The summed E-state index contributed by atoms with van der Waals surface area (Å²) in [5, 5.41) is 1.51. The first-order valence-electron chi connectivity index (χ1n) is 7.39. The molecule has 4 saturated carbocycles. The molecule has 0 aromatic carbocycles. The van der Waals surface area contributed by atoms with Crippen LogP contribution < -0.4 is 5.84 Å². The van der Waals surface area contributed by atoms with Gasteiger partial charge in [-0.3, -0.25) is 9.80 Å². The molecule has 1 amide bonds. The summed E-state index contributed by atoms with van der Waals surface area (Å²) >= 11 is 0. The molecule has 0 unspecified atom stereocenters. The lowest BCUT2D eigenvalue weighted by Gasteiger charge is -2.57. The second-order valence-electron chi connectivity index (χ2n) is 8.04. The summed E-state index contributed by atoms with van der Waals surface area (Å²) in [7, 11) is 0. The zero-order valence-electron chi connectivity index (χ0n) is 11.9. The third kappa shape index (κ3) is 1.78. The van der Waals surface area contributed by atoms with Gasteiger partial charge in [0, 0.05) is 0 Å². The Morgan fingerprint density at radius 3 is 1.78 bits per heavy atom. The summed E-state index contributed by atoms with van der Waals surface area (Å²) in [6.07, 6.45) is 7.40. The molecule has 0 aromatic rings. The van der Waals surface area contributed by atoms with Gasteiger partial charge in [-0.05, 0) is 77.0 Å². The number of carbonyl (C=O) groups is 1. The van der Waals surface area contributed by atoms with Crippen LogP contribution in [0.2, 0.25) is 0 Å². The van der Waals surface area contributed by atoms with Crippen molar-refractivity contribution in [2.45, 2.75) is 64.8 Å². The van der Waals surface area contributed by atoms with Crippen molar-refractivity contribution in [1.82, 2.24) is 5.01 Å². The standard InChI is InChI=1S/C15H26N2O/c1-14(2,3)17(16)13(18)15-7-10-4-11(8-15)6-12(5-10)9-15/h10-12H,4-9,16H2,1-3H3. The van der Waals surface area contributed by atoms with Crippen molar-refractivity contribution < 1.29 is 4.79 Å². The molecule has 0 aliphatic heterocycles. The van der Waals surface area contributed by atoms with E-state index in [4.69, 9.17) is 5.84 Å². The highest BCUT2D eigenvalue weighted by atomic mass is 16.2. The summed E-state index contributed by atoms with van der Waals surface area (Å²) < 4.78 is 0. The van der Waals surface area contributed by atoms with Crippen LogP contribution in [0.1, 0.15) is 59.3 Å². The van der Waals surface area contributed by atoms with E-state index in [1.165, 1.54) is 24.3 Å². The summed E-state index contributed by atoms with van der Waals surface area (Å²) in [6.45, 7) is 6.06. The molecule has 4 fully saturated rings. The van der Waals surface area contributed by atoms with E-state index in [2.05, 4.69) is 0 Å².